The van der Waals surface area contributed by atoms with Gasteiger partial charge in [0.05, 0.1) is 17.3 Å². The van der Waals surface area contributed by atoms with Crippen LogP contribution in [-0.2, 0) is 16.2 Å². The zero-order chi connectivity index (χ0) is 26.8. The Morgan fingerprint density at radius 1 is 1.00 bits per heavy atom. The van der Waals surface area contributed by atoms with Gasteiger partial charge in [0.25, 0.3) is 11.7 Å². The standard InChI is InChI=1S/C30H22F2N2O4/c1-18-14-20(9-12-25(18)38-17-19-6-3-2-4-7-19)28(35)26-27(21-8-5-13-33-16-21)34(30(37)29(26)36)24-11-10-22(31)15-23(24)32/h2-16,27,35H,17H2,1H3/b28-26+. The molecule has 190 valence electrons. The maximum absolute atomic E-state index is 14.8. The molecule has 1 fully saturated rings. The molecule has 0 saturated carbocycles. The number of benzene rings is 3. The van der Waals surface area contributed by atoms with Gasteiger partial charge in [0.2, 0.25) is 0 Å². The Morgan fingerprint density at radius 2 is 1.79 bits per heavy atom. The van der Waals surface area contributed by atoms with Crippen LogP contribution in [0.3, 0.4) is 0 Å². The summed E-state index contributed by atoms with van der Waals surface area (Å²) in [4.78, 5) is 31.3. The lowest BCUT2D eigenvalue weighted by Crippen LogP contribution is -2.30. The van der Waals surface area contributed by atoms with Crippen LogP contribution < -0.4 is 9.64 Å². The molecule has 38 heavy (non-hydrogen) atoms. The molecule has 1 aromatic heterocycles. The quantitative estimate of drug-likeness (QED) is 0.199. The van der Waals surface area contributed by atoms with E-state index in [4.69, 9.17) is 4.74 Å². The lowest BCUT2D eigenvalue weighted by atomic mass is 9.95. The minimum Gasteiger partial charge on any atom is -0.507 e. The second-order valence-electron chi connectivity index (χ2n) is 8.81. The molecule has 0 spiro atoms. The highest BCUT2D eigenvalue weighted by Gasteiger charge is 2.47. The van der Waals surface area contributed by atoms with Crippen molar-refractivity contribution in [1.29, 1.82) is 0 Å². The number of aromatic nitrogens is 1. The first-order valence-electron chi connectivity index (χ1n) is 11.8. The van der Waals surface area contributed by atoms with Crippen molar-refractivity contribution < 1.29 is 28.2 Å². The van der Waals surface area contributed by atoms with Gasteiger partial charge in [-0.05, 0) is 60.0 Å². The van der Waals surface area contributed by atoms with Gasteiger partial charge >= 0.3 is 0 Å². The second kappa shape index (κ2) is 10.3. The van der Waals surface area contributed by atoms with Gasteiger partial charge in [0.1, 0.15) is 29.8 Å². The van der Waals surface area contributed by atoms with E-state index in [1.54, 1.807) is 37.3 Å². The minimum atomic E-state index is -1.18. The summed E-state index contributed by atoms with van der Waals surface area (Å²) in [6, 6.07) is 19.3. The van der Waals surface area contributed by atoms with Crippen LogP contribution in [0.5, 0.6) is 5.75 Å². The number of ketones is 1. The zero-order valence-electron chi connectivity index (χ0n) is 20.3. The van der Waals surface area contributed by atoms with E-state index in [9.17, 15) is 23.5 Å². The van der Waals surface area contributed by atoms with Crippen LogP contribution in [0.4, 0.5) is 14.5 Å². The van der Waals surface area contributed by atoms with Crippen LogP contribution in [0.1, 0.15) is 28.3 Å². The molecular formula is C30H22F2N2O4. The molecule has 1 amide bonds. The monoisotopic (exact) mass is 512 g/mol. The third-order valence-electron chi connectivity index (χ3n) is 6.30. The Labute approximate surface area is 217 Å². The number of carbonyl (C=O) groups excluding carboxylic acids is 2. The number of amides is 1. The Bertz CT molecular complexity index is 1560. The molecule has 1 N–H and O–H groups in total. The Kier molecular flexibility index (Phi) is 6.70. The van der Waals surface area contributed by atoms with Crippen molar-refractivity contribution in [2.45, 2.75) is 19.6 Å². The van der Waals surface area contributed by atoms with Crippen LogP contribution in [0.15, 0.2) is 96.8 Å². The van der Waals surface area contributed by atoms with Crippen molar-refractivity contribution in [3.8, 4) is 5.75 Å². The highest BCUT2D eigenvalue weighted by Crippen LogP contribution is 2.43. The summed E-state index contributed by atoms with van der Waals surface area (Å²) in [6.45, 7) is 2.14. The first-order valence-corrected chi connectivity index (χ1v) is 11.8. The number of rotatable bonds is 6. The molecular weight excluding hydrogens is 490 g/mol. The summed E-state index contributed by atoms with van der Waals surface area (Å²) in [5.41, 5.74) is 1.81. The van der Waals surface area contributed by atoms with E-state index in [0.29, 0.717) is 29.5 Å². The van der Waals surface area contributed by atoms with Crippen molar-refractivity contribution in [2.75, 3.05) is 4.90 Å². The molecule has 2 heterocycles. The van der Waals surface area contributed by atoms with Crippen molar-refractivity contribution in [3.63, 3.8) is 0 Å². The number of ether oxygens (including phenoxy) is 1. The van der Waals surface area contributed by atoms with Crippen molar-refractivity contribution in [3.05, 3.63) is 131 Å². The van der Waals surface area contributed by atoms with Crippen molar-refractivity contribution in [2.24, 2.45) is 0 Å². The molecule has 3 aromatic carbocycles. The van der Waals surface area contributed by atoms with Crippen molar-refractivity contribution >= 4 is 23.1 Å². The largest absolute Gasteiger partial charge is 0.507 e. The molecule has 4 aromatic rings. The van der Waals surface area contributed by atoms with Gasteiger partial charge in [-0.3, -0.25) is 19.5 Å². The van der Waals surface area contributed by atoms with Gasteiger partial charge in [-0.15, -0.1) is 0 Å². The minimum absolute atomic E-state index is 0.232. The molecule has 1 atom stereocenters. The number of hydrogen-bond acceptors (Lipinski definition) is 5. The number of hydrogen-bond donors (Lipinski definition) is 1. The molecule has 0 radical (unpaired) electrons. The fourth-order valence-corrected chi connectivity index (χ4v) is 4.46. The lowest BCUT2D eigenvalue weighted by molar-refractivity contribution is -0.132. The molecule has 1 aliphatic heterocycles. The summed E-state index contributed by atoms with van der Waals surface area (Å²) in [6.07, 6.45) is 2.93. The number of aryl methyl sites for hydroxylation is 1. The molecule has 1 aliphatic rings. The predicted octanol–water partition coefficient (Wildman–Crippen LogP) is 5.87. The maximum Gasteiger partial charge on any atom is 0.300 e. The zero-order valence-corrected chi connectivity index (χ0v) is 20.3. The molecule has 6 nitrogen and oxygen atoms in total. The van der Waals surface area contributed by atoms with Crippen LogP contribution in [0, 0.1) is 18.6 Å². The average molecular weight is 513 g/mol. The number of carbonyl (C=O) groups is 2. The molecule has 0 aliphatic carbocycles. The number of nitrogens with zero attached hydrogens (tertiary/aromatic N) is 2. The third kappa shape index (κ3) is 4.64. The van der Waals surface area contributed by atoms with E-state index in [2.05, 4.69) is 4.98 Å². The SMILES string of the molecule is Cc1cc(/C(O)=C2\C(=O)C(=O)N(c3ccc(F)cc3F)C2c2cccnc2)ccc1OCc1ccccc1. The molecule has 1 unspecified atom stereocenters. The fraction of sp³-hybridized carbons (Fsp3) is 0.100. The number of aliphatic hydroxyl groups is 1. The summed E-state index contributed by atoms with van der Waals surface area (Å²) < 4.78 is 34.3. The van der Waals surface area contributed by atoms with Gasteiger partial charge in [-0.1, -0.05) is 36.4 Å². The van der Waals surface area contributed by atoms with E-state index in [0.717, 1.165) is 22.6 Å². The normalized spacial score (nSPS) is 16.6. The van der Waals surface area contributed by atoms with E-state index in [1.807, 2.05) is 30.3 Å². The number of halogens is 2. The lowest BCUT2D eigenvalue weighted by Gasteiger charge is -2.25. The van der Waals surface area contributed by atoms with Crippen molar-refractivity contribution in [1.82, 2.24) is 4.98 Å². The Balaban J connectivity index is 1.56. The topological polar surface area (TPSA) is 79.7 Å². The summed E-state index contributed by atoms with van der Waals surface area (Å²) in [7, 11) is 0. The van der Waals surface area contributed by atoms with E-state index >= 15 is 0 Å². The van der Waals surface area contributed by atoms with Crippen LogP contribution >= 0.6 is 0 Å². The van der Waals surface area contributed by atoms with Crippen LogP contribution in [-0.4, -0.2) is 21.8 Å². The van der Waals surface area contributed by atoms with Gasteiger partial charge in [-0.2, -0.15) is 0 Å². The first kappa shape index (κ1) is 24.8. The van der Waals surface area contributed by atoms with E-state index in [1.165, 1.54) is 12.4 Å². The average Bonchev–Trinajstić information content (AvgIpc) is 3.18. The predicted molar refractivity (Wildman–Crippen MR) is 137 cm³/mol. The van der Waals surface area contributed by atoms with Crippen LogP contribution in [0.2, 0.25) is 0 Å². The Hall–Kier alpha value is -4.85. The second-order valence-corrected chi connectivity index (χ2v) is 8.81. The number of anilines is 1. The molecule has 5 rings (SSSR count). The summed E-state index contributed by atoms with van der Waals surface area (Å²) in [5, 5.41) is 11.3. The number of pyridine rings is 1. The smallest absolute Gasteiger partial charge is 0.300 e. The van der Waals surface area contributed by atoms with Gasteiger partial charge in [0, 0.05) is 24.0 Å². The Morgan fingerprint density at radius 3 is 2.47 bits per heavy atom. The molecule has 8 heteroatoms. The highest BCUT2D eigenvalue weighted by atomic mass is 19.1. The number of aliphatic hydroxyl groups excluding tert-OH is 1. The van der Waals surface area contributed by atoms with Gasteiger partial charge in [0.15, 0.2) is 0 Å². The third-order valence-corrected chi connectivity index (χ3v) is 6.30. The van der Waals surface area contributed by atoms with Gasteiger partial charge in [-0.25, -0.2) is 8.78 Å². The first-order chi connectivity index (χ1) is 18.3. The van der Waals surface area contributed by atoms with E-state index in [-0.39, 0.29) is 16.8 Å². The highest BCUT2D eigenvalue weighted by molar-refractivity contribution is 6.51. The summed E-state index contributed by atoms with van der Waals surface area (Å²) in [5.74, 6) is -3.74. The van der Waals surface area contributed by atoms with E-state index < -0.39 is 35.1 Å². The molecule has 1 saturated heterocycles. The summed E-state index contributed by atoms with van der Waals surface area (Å²) >= 11 is 0. The molecule has 0 bridgehead atoms. The number of Topliss-reactive ketones (excluding diaryl/α,β-unsaturated/α-hetero) is 1. The maximum atomic E-state index is 14.8. The van der Waals surface area contributed by atoms with Gasteiger partial charge < -0.3 is 9.84 Å². The van der Waals surface area contributed by atoms with Crippen LogP contribution in [0.25, 0.3) is 5.76 Å². The fourth-order valence-electron chi connectivity index (χ4n) is 4.46.